The van der Waals surface area contributed by atoms with Crippen LogP contribution in [0, 0.1) is 3.95 Å². The van der Waals surface area contributed by atoms with Gasteiger partial charge in [0.05, 0.1) is 15.9 Å². The number of nitrogens with zero attached hydrogens (tertiary/aromatic N) is 2. The van der Waals surface area contributed by atoms with Gasteiger partial charge in [0.25, 0.3) is 5.91 Å². The number of aryl methyl sites for hydroxylation is 1. The molecule has 0 bridgehead atoms. The number of carbonyl (C=O) groups is 1. The first-order valence-corrected chi connectivity index (χ1v) is 8.76. The number of rotatable bonds is 5. The third-order valence-electron chi connectivity index (χ3n) is 3.53. The summed E-state index contributed by atoms with van der Waals surface area (Å²) in [6.45, 7) is 0.661. The summed E-state index contributed by atoms with van der Waals surface area (Å²) in [6.07, 6.45) is 1.84. The summed E-state index contributed by atoms with van der Waals surface area (Å²) in [4.78, 5) is 15.2. The van der Waals surface area contributed by atoms with Crippen LogP contribution in [0.4, 0.5) is 5.69 Å². The number of hydrogen-bond acceptors (Lipinski definition) is 5. The van der Waals surface area contributed by atoms with Crippen LogP contribution in [0.5, 0.6) is 0 Å². The van der Waals surface area contributed by atoms with Crippen LogP contribution in [-0.2, 0) is 6.42 Å². The van der Waals surface area contributed by atoms with Crippen LogP contribution in [0.2, 0.25) is 0 Å². The molecule has 0 radical (unpaired) electrons. The number of benzene rings is 2. The van der Waals surface area contributed by atoms with Crippen LogP contribution in [0.15, 0.2) is 52.7 Å². The molecule has 7 heteroatoms. The third kappa shape index (κ3) is 4.00. The van der Waals surface area contributed by atoms with E-state index >= 15 is 0 Å². The van der Waals surface area contributed by atoms with Crippen LogP contribution < -0.4 is 5.73 Å². The molecule has 122 valence electrons. The first kappa shape index (κ1) is 16.6. The van der Waals surface area contributed by atoms with Crippen molar-refractivity contribution in [1.29, 1.82) is 0 Å². The number of H-pyrrole nitrogens is 1. The van der Waals surface area contributed by atoms with E-state index in [0.29, 0.717) is 21.7 Å². The molecule has 0 saturated carbocycles. The minimum atomic E-state index is -0.359. The molecule has 0 unspecified atom stereocenters. The maximum Gasteiger partial charge on any atom is 0.295 e. The molecule has 0 aliphatic heterocycles. The molecule has 0 spiro atoms. The van der Waals surface area contributed by atoms with Crippen LogP contribution in [0.25, 0.3) is 10.2 Å². The molecule has 0 aliphatic carbocycles. The monoisotopic (exact) mass is 356 g/mol. The molecule has 0 atom stereocenters. The fourth-order valence-electron chi connectivity index (χ4n) is 2.28. The van der Waals surface area contributed by atoms with Crippen molar-refractivity contribution in [1.82, 2.24) is 4.98 Å². The van der Waals surface area contributed by atoms with Crippen molar-refractivity contribution in [3.63, 3.8) is 0 Å². The number of carbonyl (C=O) groups excluding carboxylic acids is 1. The lowest BCUT2D eigenvalue weighted by Gasteiger charge is -2.00. The highest BCUT2D eigenvalue weighted by Gasteiger charge is 2.05. The average Bonchev–Trinajstić information content (AvgIpc) is 2.97. The molecular formula is C17H16N4OS2. The van der Waals surface area contributed by atoms with Gasteiger partial charge in [-0.2, -0.15) is 0 Å². The van der Waals surface area contributed by atoms with Crippen LogP contribution in [0.3, 0.4) is 0 Å². The Kier molecular flexibility index (Phi) is 5.24. The number of fused-ring (bicyclic) bond motifs is 1. The van der Waals surface area contributed by atoms with Crippen molar-refractivity contribution in [3.8, 4) is 0 Å². The molecule has 5 nitrogen and oxygen atoms in total. The largest absolute Gasteiger partial charge is 0.337 e. The molecule has 1 aromatic heterocycles. The summed E-state index contributed by atoms with van der Waals surface area (Å²) in [5.41, 5.74) is 8.77. The molecule has 3 rings (SSSR count). The predicted octanol–water partition coefficient (Wildman–Crippen LogP) is 4.77. The summed E-state index contributed by atoms with van der Waals surface area (Å²) in [5.74, 6) is -0.359. The van der Waals surface area contributed by atoms with Gasteiger partial charge in [0.1, 0.15) is 0 Å². The summed E-state index contributed by atoms with van der Waals surface area (Å²) < 4.78 is 1.71. The highest BCUT2D eigenvalue weighted by atomic mass is 32.1. The smallest absolute Gasteiger partial charge is 0.295 e. The van der Waals surface area contributed by atoms with Gasteiger partial charge in [0.15, 0.2) is 3.95 Å². The Labute approximate surface area is 148 Å². The Balaban J connectivity index is 1.72. The number of hydrogen-bond donors (Lipinski definition) is 2. The zero-order valence-corrected chi connectivity index (χ0v) is 14.5. The number of amides is 1. The Morgan fingerprint density at radius 1 is 1.21 bits per heavy atom. The molecule has 0 fully saturated rings. The Morgan fingerprint density at radius 3 is 2.75 bits per heavy atom. The standard InChI is InChI=1S/C17H16N4OS2/c18-9-1-2-11-3-5-12(6-4-11)16(22)21-20-13-7-8-14-15(10-13)24-17(23)19-14/h3-8,10H,1-2,9,18H2,(H,19,23). The van der Waals surface area contributed by atoms with Crippen LogP contribution in [0.1, 0.15) is 22.3 Å². The van der Waals surface area contributed by atoms with Gasteiger partial charge in [0.2, 0.25) is 0 Å². The highest BCUT2D eigenvalue weighted by molar-refractivity contribution is 7.73. The number of nitrogens with two attached hydrogens (primary N) is 1. The van der Waals surface area contributed by atoms with Crippen molar-refractivity contribution in [2.24, 2.45) is 16.0 Å². The zero-order valence-electron chi connectivity index (χ0n) is 12.9. The number of azo groups is 1. The first-order chi connectivity index (χ1) is 11.7. The Hall–Kier alpha value is -2.22. The molecular weight excluding hydrogens is 340 g/mol. The van der Waals surface area contributed by atoms with E-state index in [1.807, 2.05) is 24.3 Å². The van der Waals surface area contributed by atoms with Gasteiger partial charge in [0, 0.05) is 5.56 Å². The van der Waals surface area contributed by atoms with Crippen molar-refractivity contribution < 1.29 is 4.79 Å². The number of aromatic amines is 1. The molecule has 3 N–H and O–H groups in total. The summed E-state index contributed by atoms with van der Waals surface area (Å²) in [7, 11) is 0. The van der Waals surface area contributed by atoms with Gasteiger partial charge in [-0.15, -0.1) is 21.6 Å². The average molecular weight is 356 g/mol. The van der Waals surface area contributed by atoms with Crippen molar-refractivity contribution in [2.45, 2.75) is 12.8 Å². The second kappa shape index (κ2) is 7.57. The van der Waals surface area contributed by atoms with E-state index in [-0.39, 0.29) is 5.91 Å². The van der Waals surface area contributed by atoms with Crippen LogP contribution >= 0.6 is 23.6 Å². The van der Waals surface area contributed by atoms with Crippen molar-refractivity contribution >= 4 is 45.4 Å². The third-order valence-corrected chi connectivity index (χ3v) is 4.73. The predicted molar refractivity (Wildman–Crippen MR) is 99.7 cm³/mol. The fourth-order valence-corrected chi connectivity index (χ4v) is 3.43. The van der Waals surface area contributed by atoms with Gasteiger partial charge in [-0.25, -0.2) is 0 Å². The van der Waals surface area contributed by atoms with E-state index in [9.17, 15) is 4.79 Å². The number of nitrogens with one attached hydrogen (secondary N) is 1. The minimum Gasteiger partial charge on any atom is -0.337 e. The van der Waals surface area contributed by atoms with E-state index in [2.05, 4.69) is 15.2 Å². The van der Waals surface area contributed by atoms with Gasteiger partial charge in [-0.1, -0.05) is 12.1 Å². The molecule has 1 amide bonds. The van der Waals surface area contributed by atoms with E-state index < -0.39 is 0 Å². The van der Waals surface area contributed by atoms with E-state index in [1.54, 1.807) is 18.2 Å². The molecule has 3 aromatic rings. The SMILES string of the molecule is NCCCc1ccc(C(=O)N=Nc2ccc3[nH]c(=S)sc3c2)cc1. The number of aromatic nitrogens is 1. The summed E-state index contributed by atoms with van der Waals surface area (Å²) in [5, 5.41) is 7.84. The topological polar surface area (TPSA) is 83.6 Å². The lowest BCUT2D eigenvalue weighted by Crippen LogP contribution is -2.00. The highest BCUT2D eigenvalue weighted by Crippen LogP contribution is 2.25. The van der Waals surface area contributed by atoms with E-state index in [4.69, 9.17) is 18.0 Å². The van der Waals surface area contributed by atoms with Gasteiger partial charge in [-0.05, 0) is 67.5 Å². The maximum atomic E-state index is 12.1. The first-order valence-electron chi connectivity index (χ1n) is 7.53. The van der Waals surface area contributed by atoms with E-state index in [1.165, 1.54) is 11.3 Å². The summed E-state index contributed by atoms with van der Waals surface area (Å²) in [6, 6.07) is 12.9. The normalized spacial score (nSPS) is 11.4. The number of thiazole rings is 1. The molecule has 0 saturated heterocycles. The lowest BCUT2D eigenvalue weighted by atomic mass is 10.1. The van der Waals surface area contributed by atoms with Crippen LogP contribution in [-0.4, -0.2) is 17.4 Å². The maximum absolute atomic E-state index is 12.1. The second-order valence-electron chi connectivity index (χ2n) is 5.29. The molecule has 0 aliphatic rings. The van der Waals surface area contributed by atoms with Gasteiger partial charge in [-0.3, -0.25) is 4.79 Å². The van der Waals surface area contributed by atoms with Gasteiger partial charge < -0.3 is 10.7 Å². The second-order valence-corrected chi connectivity index (χ2v) is 7.01. The van der Waals surface area contributed by atoms with Gasteiger partial charge >= 0.3 is 0 Å². The van der Waals surface area contributed by atoms with E-state index in [0.717, 1.165) is 28.6 Å². The molecule has 24 heavy (non-hydrogen) atoms. The zero-order chi connectivity index (χ0) is 16.9. The van der Waals surface area contributed by atoms with Crippen molar-refractivity contribution in [3.05, 3.63) is 57.5 Å². The Morgan fingerprint density at radius 2 is 2.00 bits per heavy atom. The fraction of sp³-hybridized carbons (Fsp3) is 0.176. The van der Waals surface area contributed by atoms with Crippen molar-refractivity contribution in [2.75, 3.05) is 6.54 Å². The lowest BCUT2D eigenvalue weighted by molar-refractivity contribution is 0.0995. The minimum absolute atomic E-state index is 0.359. The molecule has 1 heterocycles. The Bertz CT molecular complexity index is 941. The quantitative estimate of drug-likeness (QED) is 0.510. The molecule has 2 aromatic carbocycles. The summed E-state index contributed by atoms with van der Waals surface area (Å²) >= 11 is 6.58.